The number of methoxy groups -OCH3 is 2. The SMILES string of the molecule is COc1ccc(OC)c2sc(N(CCN(C)C)C(=O)c3ccc(N(C)C)cc3)nc12.Cl. The average Bonchev–Trinajstić information content (AvgIpc) is 3.18. The molecule has 0 aliphatic carbocycles. The van der Waals surface area contributed by atoms with Crippen molar-refractivity contribution in [1.29, 1.82) is 0 Å². The van der Waals surface area contributed by atoms with Crippen molar-refractivity contribution in [2.75, 3.05) is 65.3 Å². The summed E-state index contributed by atoms with van der Waals surface area (Å²) in [6.07, 6.45) is 0. The summed E-state index contributed by atoms with van der Waals surface area (Å²) in [6.45, 7) is 1.23. The van der Waals surface area contributed by atoms with Gasteiger partial charge < -0.3 is 19.3 Å². The summed E-state index contributed by atoms with van der Waals surface area (Å²) in [5.41, 5.74) is 2.36. The molecule has 2 aromatic carbocycles. The van der Waals surface area contributed by atoms with Gasteiger partial charge in [-0.05, 0) is 50.5 Å². The number of halogens is 1. The van der Waals surface area contributed by atoms with Crippen molar-refractivity contribution in [3.8, 4) is 11.5 Å². The topological polar surface area (TPSA) is 58.1 Å². The van der Waals surface area contributed by atoms with E-state index in [2.05, 4.69) is 0 Å². The molecule has 0 saturated heterocycles. The Labute approximate surface area is 193 Å². The van der Waals surface area contributed by atoms with Gasteiger partial charge in [0.05, 0.1) is 14.2 Å². The molecule has 0 unspecified atom stereocenters. The molecule has 3 aromatic rings. The third kappa shape index (κ3) is 5.39. The maximum Gasteiger partial charge on any atom is 0.260 e. The Morgan fingerprint density at radius 1 is 0.935 bits per heavy atom. The second kappa shape index (κ2) is 10.7. The van der Waals surface area contributed by atoms with E-state index in [1.54, 1.807) is 19.1 Å². The lowest BCUT2D eigenvalue weighted by Gasteiger charge is -2.22. The summed E-state index contributed by atoms with van der Waals surface area (Å²) in [4.78, 5) is 24.0. The summed E-state index contributed by atoms with van der Waals surface area (Å²) in [5, 5.41) is 0.622. The molecule has 31 heavy (non-hydrogen) atoms. The molecule has 0 radical (unpaired) electrons. The second-order valence-electron chi connectivity index (χ2n) is 7.35. The molecule has 1 amide bonds. The first-order valence-corrected chi connectivity index (χ1v) is 10.4. The molecule has 1 aromatic heterocycles. The first kappa shape index (κ1) is 24.7. The minimum Gasteiger partial charge on any atom is -0.495 e. The lowest BCUT2D eigenvalue weighted by atomic mass is 10.1. The Bertz CT molecular complexity index is 981. The van der Waals surface area contributed by atoms with Crippen LogP contribution >= 0.6 is 23.7 Å². The molecule has 7 nitrogen and oxygen atoms in total. The van der Waals surface area contributed by atoms with E-state index in [0.717, 1.165) is 10.4 Å². The van der Waals surface area contributed by atoms with Crippen LogP contribution in [-0.2, 0) is 0 Å². The van der Waals surface area contributed by atoms with Crippen molar-refractivity contribution in [2.24, 2.45) is 0 Å². The van der Waals surface area contributed by atoms with E-state index in [1.807, 2.05) is 74.4 Å². The molecular weight excluding hydrogens is 436 g/mol. The Kier molecular flexibility index (Phi) is 8.50. The number of aromatic nitrogens is 1. The van der Waals surface area contributed by atoms with Crippen molar-refractivity contribution < 1.29 is 14.3 Å². The van der Waals surface area contributed by atoms with Crippen molar-refractivity contribution in [3.63, 3.8) is 0 Å². The molecule has 168 valence electrons. The highest BCUT2D eigenvalue weighted by Crippen LogP contribution is 2.40. The van der Waals surface area contributed by atoms with E-state index in [4.69, 9.17) is 14.5 Å². The normalized spacial score (nSPS) is 10.7. The summed E-state index contributed by atoms with van der Waals surface area (Å²) in [7, 11) is 11.2. The zero-order valence-corrected chi connectivity index (χ0v) is 20.3. The van der Waals surface area contributed by atoms with Gasteiger partial charge in [0.2, 0.25) is 0 Å². The molecule has 0 fully saturated rings. The first-order valence-electron chi connectivity index (χ1n) is 9.61. The van der Waals surface area contributed by atoms with Crippen molar-refractivity contribution >= 4 is 50.7 Å². The number of carbonyl (C=O) groups is 1. The standard InChI is InChI=1S/C22H28N4O3S.ClH/c1-24(2)13-14-26(21(27)15-7-9-16(10-8-15)25(3)4)22-23-19-17(28-5)11-12-18(29-6)20(19)30-22;/h7-12H,13-14H2,1-6H3;1H. The summed E-state index contributed by atoms with van der Waals surface area (Å²) in [5.74, 6) is 1.28. The maximum atomic E-state index is 13.4. The molecule has 9 heteroatoms. The predicted octanol–water partition coefficient (Wildman–Crippen LogP) is 4.01. The number of carbonyl (C=O) groups excluding carboxylic acids is 1. The third-order valence-corrected chi connectivity index (χ3v) is 5.87. The highest BCUT2D eigenvalue weighted by Gasteiger charge is 2.23. The minimum atomic E-state index is -0.0841. The number of hydrogen-bond acceptors (Lipinski definition) is 7. The van der Waals surface area contributed by atoms with E-state index in [9.17, 15) is 4.79 Å². The molecule has 0 N–H and O–H groups in total. The third-order valence-electron chi connectivity index (χ3n) is 4.78. The number of hydrogen-bond donors (Lipinski definition) is 0. The molecule has 0 atom stereocenters. The number of nitrogens with zero attached hydrogens (tertiary/aromatic N) is 4. The second-order valence-corrected chi connectivity index (χ2v) is 8.32. The Morgan fingerprint density at radius 3 is 2.10 bits per heavy atom. The van der Waals surface area contributed by atoms with E-state index >= 15 is 0 Å². The van der Waals surface area contributed by atoms with Gasteiger partial charge in [-0.2, -0.15) is 0 Å². The smallest absolute Gasteiger partial charge is 0.260 e. The van der Waals surface area contributed by atoms with Crippen LogP contribution in [0, 0.1) is 0 Å². The summed E-state index contributed by atoms with van der Waals surface area (Å²) < 4.78 is 11.8. The van der Waals surface area contributed by atoms with Gasteiger partial charge in [-0.25, -0.2) is 4.98 Å². The molecular formula is C22H29ClN4O3S. The van der Waals surface area contributed by atoms with E-state index in [1.165, 1.54) is 11.3 Å². The van der Waals surface area contributed by atoms with E-state index in [-0.39, 0.29) is 18.3 Å². The maximum absolute atomic E-state index is 13.4. The molecule has 0 aliphatic rings. The van der Waals surface area contributed by atoms with Gasteiger partial charge in [-0.1, -0.05) is 11.3 Å². The van der Waals surface area contributed by atoms with Gasteiger partial charge in [0.1, 0.15) is 21.7 Å². The van der Waals surface area contributed by atoms with Crippen LogP contribution in [0.4, 0.5) is 10.8 Å². The van der Waals surface area contributed by atoms with Crippen LogP contribution in [0.5, 0.6) is 11.5 Å². The number of benzene rings is 2. The Morgan fingerprint density at radius 2 is 1.55 bits per heavy atom. The highest BCUT2D eigenvalue weighted by atomic mass is 35.5. The highest BCUT2D eigenvalue weighted by molar-refractivity contribution is 7.22. The van der Waals surface area contributed by atoms with Gasteiger partial charge in [-0.15, -0.1) is 12.4 Å². The average molecular weight is 465 g/mol. The van der Waals surface area contributed by atoms with Gasteiger partial charge >= 0.3 is 0 Å². The summed E-state index contributed by atoms with van der Waals surface area (Å²) >= 11 is 1.43. The zero-order valence-electron chi connectivity index (χ0n) is 18.7. The number of likely N-dealkylation sites (N-methyl/N-ethyl adjacent to an activating group) is 1. The number of amides is 1. The monoisotopic (exact) mass is 464 g/mol. The van der Waals surface area contributed by atoms with Crippen LogP contribution in [0.3, 0.4) is 0 Å². The lowest BCUT2D eigenvalue weighted by molar-refractivity contribution is 0.0985. The molecule has 1 heterocycles. The quantitative estimate of drug-likeness (QED) is 0.502. The molecule has 3 rings (SSSR count). The number of ether oxygens (including phenoxy) is 2. The molecule has 0 aliphatic heterocycles. The molecule has 0 saturated carbocycles. The molecule has 0 bridgehead atoms. The Hall–Kier alpha value is -2.55. The van der Waals surface area contributed by atoms with Gasteiger partial charge in [0, 0.05) is 38.4 Å². The van der Waals surface area contributed by atoms with Crippen LogP contribution in [0.15, 0.2) is 36.4 Å². The van der Waals surface area contributed by atoms with Crippen LogP contribution in [0.1, 0.15) is 10.4 Å². The zero-order chi connectivity index (χ0) is 21.8. The van der Waals surface area contributed by atoms with Crippen LogP contribution in [-0.4, -0.2) is 71.3 Å². The number of rotatable bonds is 8. The van der Waals surface area contributed by atoms with Crippen molar-refractivity contribution in [1.82, 2.24) is 9.88 Å². The van der Waals surface area contributed by atoms with Crippen molar-refractivity contribution in [3.05, 3.63) is 42.0 Å². The number of thiazole rings is 1. The van der Waals surface area contributed by atoms with Gasteiger partial charge in [0.25, 0.3) is 5.91 Å². The largest absolute Gasteiger partial charge is 0.495 e. The van der Waals surface area contributed by atoms with Crippen LogP contribution in [0.25, 0.3) is 10.2 Å². The minimum absolute atomic E-state index is 0. The number of fused-ring (bicyclic) bond motifs is 1. The van der Waals surface area contributed by atoms with Gasteiger partial charge in [0.15, 0.2) is 5.13 Å². The Balaban J connectivity index is 0.00000341. The van der Waals surface area contributed by atoms with Crippen LogP contribution < -0.4 is 19.3 Å². The fourth-order valence-electron chi connectivity index (χ4n) is 3.03. The molecule has 0 spiro atoms. The fraction of sp³-hybridized carbons (Fsp3) is 0.364. The fourth-order valence-corrected chi connectivity index (χ4v) is 4.13. The van der Waals surface area contributed by atoms with Crippen molar-refractivity contribution in [2.45, 2.75) is 0 Å². The summed E-state index contributed by atoms with van der Waals surface area (Å²) in [6, 6.07) is 11.3. The number of anilines is 2. The van der Waals surface area contributed by atoms with E-state index < -0.39 is 0 Å². The first-order chi connectivity index (χ1) is 14.3. The van der Waals surface area contributed by atoms with Gasteiger partial charge in [-0.3, -0.25) is 9.69 Å². The predicted molar refractivity (Wildman–Crippen MR) is 131 cm³/mol. The van der Waals surface area contributed by atoms with Crippen LogP contribution in [0.2, 0.25) is 0 Å². The van der Waals surface area contributed by atoms with E-state index in [0.29, 0.717) is 40.8 Å². The lowest BCUT2D eigenvalue weighted by Crippen LogP contribution is -2.36.